The van der Waals surface area contributed by atoms with Gasteiger partial charge in [-0.1, -0.05) is 87.6 Å². The summed E-state index contributed by atoms with van der Waals surface area (Å²) >= 11 is 0. The van der Waals surface area contributed by atoms with E-state index in [2.05, 4.69) is 58.3 Å². The summed E-state index contributed by atoms with van der Waals surface area (Å²) in [6.45, 7) is 8.19. The first-order chi connectivity index (χ1) is 14.4. The van der Waals surface area contributed by atoms with Crippen molar-refractivity contribution < 1.29 is 19.8 Å². The predicted octanol–water partition coefficient (Wildman–Crippen LogP) is 6.12. The third-order valence-electron chi connectivity index (χ3n) is 5.62. The van der Waals surface area contributed by atoms with Crippen molar-refractivity contribution in [1.82, 2.24) is 0 Å². The zero-order valence-electron chi connectivity index (χ0n) is 20.4. The molecule has 4 nitrogen and oxygen atoms in total. The fourth-order valence-electron chi connectivity index (χ4n) is 3.44. The lowest BCUT2D eigenvalue weighted by Crippen LogP contribution is -2.47. The Balaban J connectivity index is 0.000000562. The van der Waals surface area contributed by atoms with Crippen LogP contribution in [0.15, 0.2) is 54.6 Å². The van der Waals surface area contributed by atoms with Crippen LogP contribution in [0, 0.1) is 0 Å². The van der Waals surface area contributed by atoms with Gasteiger partial charge in [0.1, 0.15) is 12.3 Å². The second-order valence-electron chi connectivity index (χ2n) is 8.62. The number of phenolic OH excluding ortho intramolecular Hbond substituents is 1. The topological polar surface area (TPSA) is 61.0 Å². The van der Waals surface area contributed by atoms with Gasteiger partial charge < -0.3 is 15.3 Å². The van der Waals surface area contributed by atoms with Gasteiger partial charge in [-0.05, 0) is 31.4 Å². The van der Waals surface area contributed by atoms with Crippen molar-refractivity contribution in [2.24, 2.45) is 0 Å². The van der Waals surface area contributed by atoms with Gasteiger partial charge in [-0.2, -0.15) is 0 Å². The average molecular weight is 433 g/mol. The Morgan fingerprint density at radius 2 is 1.42 bits per heavy atom. The van der Waals surface area contributed by atoms with E-state index in [9.17, 15) is 5.11 Å². The largest absolute Gasteiger partial charge is 0.508 e. The molecule has 4 heteroatoms. The SMILES string of the molecule is CCCCCCCCc1ccccc1O.CCOC(C)[N+](C)(C)Cc1ccccc1.O. The van der Waals surface area contributed by atoms with Crippen molar-refractivity contribution >= 4 is 0 Å². The van der Waals surface area contributed by atoms with Gasteiger partial charge in [0, 0.05) is 12.5 Å². The standard InChI is InChI=1S/C14H22O.C13H22NO.H2O/c1-2-3-4-5-6-7-10-13-11-8-9-12-14(13)15;1-5-15-12(2)14(3,4)11-13-9-7-6-8-10-13;/h8-9,11-12,15H,2-7,10H2,1H3;6-10,12H,5,11H2,1-4H3;1H2/q;+1;. The van der Waals surface area contributed by atoms with Crippen LogP contribution in [-0.4, -0.2) is 42.0 Å². The lowest BCUT2D eigenvalue weighted by atomic mass is 10.0. The van der Waals surface area contributed by atoms with E-state index in [1.807, 2.05) is 25.1 Å². The zero-order chi connectivity index (χ0) is 22.2. The number of hydrogen-bond donors (Lipinski definition) is 1. The Bertz CT molecular complexity index is 673. The van der Waals surface area contributed by atoms with Gasteiger partial charge in [0.15, 0.2) is 6.23 Å². The molecule has 1 atom stereocenters. The average Bonchev–Trinajstić information content (AvgIpc) is 2.73. The molecule has 2 aromatic rings. The summed E-state index contributed by atoms with van der Waals surface area (Å²) in [5.74, 6) is 0.450. The summed E-state index contributed by atoms with van der Waals surface area (Å²) in [5, 5.41) is 9.55. The second kappa shape index (κ2) is 16.8. The predicted molar refractivity (Wildman–Crippen MR) is 132 cm³/mol. The molecular formula is C27H46NO3+. The monoisotopic (exact) mass is 432 g/mol. The molecular weight excluding hydrogens is 386 g/mol. The van der Waals surface area contributed by atoms with Crippen LogP contribution in [0.3, 0.4) is 0 Å². The molecule has 0 heterocycles. The van der Waals surface area contributed by atoms with E-state index in [4.69, 9.17) is 4.74 Å². The highest BCUT2D eigenvalue weighted by molar-refractivity contribution is 5.31. The molecule has 1 unspecified atom stereocenters. The fourth-order valence-corrected chi connectivity index (χ4v) is 3.44. The molecule has 176 valence electrons. The molecule has 0 aromatic heterocycles. The number of quaternary nitrogens is 1. The number of aromatic hydroxyl groups is 1. The van der Waals surface area contributed by atoms with Gasteiger partial charge in [0.25, 0.3) is 0 Å². The quantitative estimate of drug-likeness (QED) is 0.250. The van der Waals surface area contributed by atoms with Gasteiger partial charge in [0.2, 0.25) is 0 Å². The molecule has 31 heavy (non-hydrogen) atoms. The number of unbranched alkanes of at least 4 members (excludes halogenated alkanes) is 5. The first-order valence-corrected chi connectivity index (χ1v) is 11.7. The van der Waals surface area contributed by atoms with E-state index in [0.717, 1.165) is 29.6 Å². The van der Waals surface area contributed by atoms with Crippen molar-refractivity contribution in [2.75, 3.05) is 20.7 Å². The van der Waals surface area contributed by atoms with E-state index >= 15 is 0 Å². The molecule has 2 aromatic carbocycles. The summed E-state index contributed by atoms with van der Waals surface area (Å²) in [7, 11) is 4.40. The highest BCUT2D eigenvalue weighted by Gasteiger charge is 2.24. The molecule has 0 spiro atoms. The number of rotatable bonds is 12. The van der Waals surface area contributed by atoms with E-state index < -0.39 is 0 Å². The highest BCUT2D eigenvalue weighted by atomic mass is 16.5. The normalized spacial score (nSPS) is 11.8. The first kappa shape index (κ1) is 29.1. The molecule has 2 rings (SSSR count). The number of benzene rings is 2. The molecule has 0 aliphatic rings. The van der Waals surface area contributed by atoms with E-state index in [1.54, 1.807) is 6.07 Å². The summed E-state index contributed by atoms with van der Waals surface area (Å²) in [6, 6.07) is 18.2. The second-order valence-corrected chi connectivity index (χ2v) is 8.62. The highest BCUT2D eigenvalue weighted by Crippen LogP contribution is 2.18. The lowest BCUT2D eigenvalue weighted by molar-refractivity contribution is -0.947. The molecule has 0 aliphatic heterocycles. The molecule has 0 bridgehead atoms. The van der Waals surface area contributed by atoms with Crippen molar-refractivity contribution in [2.45, 2.75) is 78.5 Å². The Kier molecular flexibility index (Phi) is 15.8. The Hall–Kier alpha value is -1.88. The van der Waals surface area contributed by atoms with Gasteiger partial charge in [-0.25, -0.2) is 0 Å². The number of ether oxygens (including phenoxy) is 1. The minimum atomic E-state index is 0. The zero-order valence-corrected chi connectivity index (χ0v) is 20.4. The summed E-state index contributed by atoms with van der Waals surface area (Å²) in [4.78, 5) is 0. The maximum atomic E-state index is 9.55. The molecule has 0 amide bonds. The van der Waals surface area contributed by atoms with Crippen LogP contribution in [-0.2, 0) is 17.7 Å². The number of phenols is 1. The molecule has 0 saturated heterocycles. The molecule has 0 saturated carbocycles. The first-order valence-electron chi connectivity index (χ1n) is 11.7. The van der Waals surface area contributed by atoms with Crippen LogP contribution >= 0.6 is 0 Å². The minimum Gasteiger partial charge on any atom is -0.508 e. The molecule has 0 fully saturated rings. The summed E-state index contributed by atoms with van der Waals surface area (Å²) < 4.78 is 6.51. The fraction of sp³-hybridized carbons (Fsp3) is 0.556. The lowest BCUT2D eigenvalue weighted by Gasteiger charge is -2.35. The van der Waals surface area contributed by atoms with Gasteiger partial charge in [-0.15, -0.1) is 0 Å². The Labute approximate surface area is 190 Å². The third-order valence-corrected chi connectivity index (χ3v) is 5.62. The van der Waals surface area contributed by atoms with Gasteiger partial charge in [0.05, 0.1) is 20.7 Å². The smallest absolute Gasteiger partial charge is 0.190 e. The van der Waals surface area contributed by atoms with Crippen LogP contribution in [0.25, 0.3) is 0 Å². The van der Waals surface area contributed by atoms with E-state index in [-0.39, 0.29) is 11.7 Å². The van der Waals surface area contributed by atoms with Crippen LogP contribution in [0.2, 0.25) is 0 Å². The number of para-hydroxylation sites is 1. The maximum Gasteiger partial charge on any atom is 0.190 e. The number of aryl methyl sites for hydroxylation is 1. The number of hydrogen-bond acceptors (Lipinski definition) is 2. The van der Waals surface area contributed by atoms with Crippen LogP contribution < -0.4 is 0 Å². The summed E-state index contributed by atoms with van der Waals surface area (Å²) in [6.07, 6.45) is 9.08. The van der Waals surface area contributed by atoms with Crippen LogP contribution in [0.5, 0.6) is 5.75 Å². The van der Waals surface area contributed by atoms with E-state index in [0.29, 0.717) is 5.75 Å². The van der Waals surface area contributed by atoms with E-state index in [1.165, 1.54) is 44.1 Å². The summed E-state index contributed by atoms with van der Waals surface area (Å²) in [5.41, 5.74) is 2.45. The van der Waals surface area contributed by atoms with Crippen molar-refractivity contribution in [1.29, 1.82) is 0 Å². The van der Waals surface area contributed by atoms with Gasteiger partial charge >= 0.3 is 0 Å². The van der Waals surface area contributed by atoms with Gasteiger partial charge in [-0.3, -0.25) is 4.48 Å². The molecule has 0 radical (unpaired) electrons. The van der Waals surface area contributed by atoms with Crippen molar-refractivity contribution in [3.05, 3.63) is 65.7 Å². The van der Waals surface area contributed by atoms with Crippen molar-refractivity contribution in [3.8, 4) is 5.75 Å². The Morgan fingerprint density at radius 1 is 0.839 bits per heavy atom. The third kappa shape index (κ3) is 12.5. The van der Waals surface area contributed by atoms with Crippen molar-refractivity contribution in [3.63, 3.8) is 0 Å². The van der Waals surface area contributed by atoms with Crippen LogP contribution in [0.4, 0.5) is 0 Å². The Morgan fingerprint density at radius 3 is 2.03 bits per heavy atom. The molecule has 3 N–H and O–H groups in total. The minimum absolute atomic E-state index is 0. The molecule has 0 aliphatic carbocycles. The maximum absolute atomic E-state index is 9.55. The van der Waals surface area contributed by atoms with Crippen LogP contribution in [0.1, 0.15) is 70.4 Å². The number of nitrogens with zero attached hydrogens (tertiary/aromatic N) is 1.